The largest absolute Gasteiger partial charge is 0.418 e. The zero-order valence-electron chi connectivity index (χ0n) is 11.5. The van der Waals surface area contributed by atoms with E-state index in [2.05, 4.69) is 15.9 Å². The molecule has 0 aliphatic carbocycles. The fourth-order valence-electron chi connectivity index (χ4n) is 1.80. The van der Waals surface area contributed by atoms with Gasteiger partial charge in [-0.15, -0.1) is 0 Å². The molecule has 0 bridgehead atoms. The molecule has 0 aliphatic rings. The van der Waals surface area contributed by atoms with Crippen LogP contribution in [-0.2, 0) is 23.3 Å². The normalized spacial score (nSPS) is 13.6. The Morgan fingerprint density at radius 1 is 0.917 bits per heavy atom. The van der Waals surface area contributed by atoms with Gasteiger partial charge in [0.25, 0.3) is 0 Å². The van der Waals surface area contributed by atoms with E-state index in [4.69, 9.17) is 0 Å². The summed E-state index contributed by atoms with van der Waals surface area (Å²) in [4.78, 5) is 0.100. The van der Waals surface area contributed by atoms with Crippen LogP contribution in [0.1, 0.15) is 11.1 Å². The van der Waals surface area contributed by atoms with Crippen LogP contribution in [-0.4, -0.2) is 4.21 Å². The van der Waals surface area contributed by atoms with Gasteiger partial charge in [-0.2, -0.15) is 26.3 Å². The zero-order valence-corrected chi connectivity index (χ0v) is 13.9. The summed E-state index contributed by atoms with van der Waals surface area (Å²) in [6, 6.07) is 6.89. The van der Waals surface area contributed by atoms with E-state index < -0.39 is 40.2 Å². The lowest BCUT2D eigenvalue weighted by atomic mass is 10.1. The van der Waals surface area contributed by atoms with Crippen molar-refractivity contribution in [2.45, 2.75) is 17.2 Å². The molecule has 130 valence electrons. The number of nitrogens with one attached hydrogen (secondary N) is 1. The van der Waals surface area contributed by atoms with Gasteiger partial charge < -0.3 is 4.72 Å². The molecule has 2 aromatic rings. The van der Waals surface area contributed by atoms with Crippen LogP contribution in [0, 0.1) is 0 Å². The number of alkyl halides is 6. The van der Waals surface area contributed by atoms with Crippen molar-refractivity contribution in [3.05, 3.63) is 58.1 Å². The predicted octanol–water partition coefficient (Wildman–Crippen LogP) is 5.62. The molecule has 2 aromatic carbocycles. The van der Waals surface area contributed by atoms with Gasteiger partial charge in [-0.1, -0.05) is 12.1 Å². The van der Waals surface area contributed by atoms with Gasteiger partial charge >= 0.3 is 12.4 Å². The molecule has 10 heteroatoms. The van der Waals surface area contributed by atoms with Crippen molar-refractivity contribution in [2.75, 3.05) is 4.72 Å². The summed E-state index contributed by atoms with van der Waals surface area (Å²) in [7, 11) is -2.19. The van der Waals surface area contributed by atoms with Crippen molar-refractivity contribution in [3.63, 3.8) is 0 Å². The minimum absolute atomic E-state index is 0.100. The summed E-state index contributed by atoms with van der Waals surface area (Å²) in [6.45, 7) is 0. The highest BCUT2D eigenvalue weighted by Crippen LogP contribution is 2.39. The van der Waals surface area contributed by atoms with E-state index in [0.29, 0.717) is 16.6 Å². The molecule has 0 unspecified atom stereocenters. The fraction of sp³-hybridized carbons (Fsp3) is 0.143. The van der Waals surface area contributed by atoms with E-state index in [9.17, 15) is 30.6 Å². The van der Waals surface area contributed by atoms with Crippen molar-refractivity contribution in [1.82, 2.24) is 0 Å². The molecule has 0 aliphatic heterocycles. The standard InChI is InChI=1S/C14H8BrF6NOS/c15-10-3-1-2-4-12(10)24(23)22-11-7-8(13(16,17)18)5-6-9(11)14(19,20)21/h1-7,22H/t24-/m0/s1. The van der Waals surface area contributed by atoms with Crippen LogP contribution in [0.2, 0.25) is 0 Å². The van der Waals surface area contributed by atoms with Crippen molar-refractivity contribution in [3.8, 4) is 0 Å². The first-order valence-electron chi connectivity index (χ1n) is 6.21. The van der Waals surface area contributed by atoms with Gasteiger partial charge in [0.2, 0.25) is 0 Å². The van der Waals surface area contributed by atoms with Crippen LogP contribution < -0.4 is 4.72 Å². The second-order valence-corrected chi connectivity index (χ2v) is 6.59. The molecule has 0 saturated carbocycles. The van der Waals surface area contributed by atoms with Gasteiger partial charge in [0.15, 0.2) is 11.0 Å². The second-order valence-electron chi connectivity index (χ2n) is 4.56. The quantitative estimate of drug-likeness (QED) is 0.627. The Morgan fingerprint density at radius 3 is 2.08 bits per heavy atom. The first kappa shape index (κ1) is 18.8. The Labute approximate surface area is 143 Å². The summed E-state index contributed by atoms with van der Waals surface area (Å²) in [5, 5.41) is 0. The van der Waals surface area contributed by atoms with E-state index in [1.54, 1.807) is 6.07 Å². The molecule has 0 amide bonds. The molecule has 2 nitrogen and oxygen atoms in total. The topological polar surface area (TPSA) is 29.1 Å². The van der Waals surface area contributed by atoms with E-state index in [1.165, 1.54) is 18.2 Å². The maximum Gasteiger partial charge on any atom is 0.418 e. The second kappa shape index (κ2) is 6.75. The highest BCUT2D eigenvalue weighted by molar-refractivity contribution is 9.10. The Morgan fingerprint density at radius 2 is 1.54 bits per heavy atom. The summed E-state index contributed by atoms with van der Waals surface area (Å²) >= 11 is 3.08. The first-order chi connectivity index (χ1) is 11.0. The fourth-order valence-corrected chi connectivity index (χ4v) is 3.45. The lowest BCUT2D eigenvalue weighted by Crippen LogP contribution is -2.15. The van der Waals surface area contributed by atoms with Crippen LogP contribution in [0.15, 0.2) is 51.8 Å². The van der Waals surface area contributed by atoms with E-state index in [1.807, 2.05) is 4.72 Å². The number of rotatable bonds is 3. The van der Waals surface area contributed by atoms with Gasteiger partial charge in [0, 0.05) is 4.47 Å². The summed E-state index contributed by atoms with van der Waals surface area (Å²) in [6.07, 6.45) is -9.72. The summed E-state index contributed by atoms with van der Waals surface area (Å²) in [5.41, 5.74) is -3.52. The Hall–Kier alpha value is -1.55. The summed E-state index contributed by atoms with van der Waals surface area (Å²) in [5.74, 6) is 0. The van der Waals surface area contributed by atoms with Crippen LogP contribution in [0.4, 0.5) is 32.0 Å². The van der Waals surface area contributed by atoms with Gasteiger partial charge in [-0.3, -0.25) is 0 Å². The number of benzene rings is 2. The average molecular weight is 432 g/mol. The Kier molecular flexibility index (Phi) is 5.28. The molecule has 0 saturated heterocycles. The third kappa shape index (κ3) is 4.29. The van der Waals surface area contributed by atoms with Crippen LogP contribution in [0.25, 0.3) is 0 Å². The molecular weight excluding hydrogens is 424 g/mol. The third-order valence-electron chi connectivity index (χ3n) is 2.89. The lowest BCUT2D eigenvalue weighted by Gasteiger charge is -2.17. The number of hydrogen-bond acceptors (Lipinski definition) is 1. The van der Waals surface area contributed by atoms with Gasteiger partial charge in [-0.25, -0.2) is 4.21 Å². The minimum Gasteiger partial charge on any atom is -0.300 e. The maximum absolute atomic E-state index is 13.0. The molecule has 0 radical (unpaired) electrons. The molecule has 0 aromatic heterocycles. The summed E-state index contributed by atoms with van der Waals surface area (Å²) < 4.78 is 91.7. The average Bonchev–Trinajstić information content (AvgIpc) is 2.45. The highest BCUT2D eigenvalue weighted by Gasteiger charge is 2.37. The van der Waals surface area contributed by atoms with Crippen LogP contribution in [0.5, 0.6) is 0 Å². The number of hydrogen-bond donors (Lipinski definition) is 1. The van der Waals surface area contributed by atoms with Gasteiger partial charge in [0.05, 0.1) is 21.7 Å². The van der Waals surface area contributed by atoms with Crippen LogP contribution >= 0.6 is 15.9 Å². The predicted molar refractivity (Wildman–Crippen MR) is 80.6 cm³/mol. The molecule has 0 fully saturated rings. The van der Waals surface area contributed by atoms with E-state index >= 15 is 0 Å². The van der Waals surface area contributed by atoms with Crippen molar-refractivity contribution in [1.29, 1.82) is 0 Å². The molecule has 0 spiro atoms. The molecule has 1 N–H and O–H groups in total. The molecule has 0 heterocycles. The van der Waals surface area contributed by atoms with E-state index in [0.717, 1.165) is 0 Å². The van der Waals surface area contributed by atoms with Gasteiger partial charge in [-0.05, 0) is 46.3 Å². The van der Waals surface area contributed by atoms with Crippen molar-refractivity contribution >= 4 is 32.6 Å². The molecule has 2 rings (SSSR count). The zero-order chi connectivity index (χ0) is 18.1. The minimum atomic E-state index is -4.90. The molecular formula is C14H8BrF6NOS. The Bertz CT molecular complexity index is 775. The molecule has 1 atom stereocenters. The number of anilines is 1. The maximum atomic E-state index is 13.0. The highest BCUT2D eigenvalue weighted by atomic mass is 79.9. The smallest absolute Gasteiger partial charge is 0.300 e. The lowest BCUT2D eigenvalue weighted by molar-refractivity contribution is -0.140. The Balaban J connectivity index is 2.47. The third-order valence-corrected chi connectivity index (χ3v) is 5.01. The van der Waals surface area contributed by atoms with Crippen molar-refractivity contribution in [2.24, 2.45) is 0 Å². The first-order valence-corrected chi connectivity index (χ1v) is 8.16. The SMILES string of the molecule is O=[S@](Nc1cc(C(F)(F)F)ccc1C(F)(F)F)c1ccccc1Br. The number of halogens is 7. The van der Waals surface area contributed by atoms with E-state index in [-0.39, 0.29) is 11.0 Å². The molecule has 24 heavy (non-hydrogen) atoms. The van der Waals surface area contributed by atoms with Crippen LogP contribution in [0.3, 0.4) is 0 Å². The van der Waals surface area contributed by atoms with Crippen molar-refractivity contribution < 1.29 is 30.6 Å². The monoisotopic (exact) mass is 431 g/mol. The van der Waals surface area contributed by atoms with Gasteiger partial charge in [0.1, 0.15) is 0 Å².